The third kappa shape index (κ3) is 4.58. The Morgan fingerprint density at radius 2 is 1.79 bits per heavy atom. The minimum Gasteiger partial charge on any atom is -0.457 e. The molecule has 1 aliphatic heterocycles. The highest BCUT2D eigenvalue weighted by molar-refractivity contribution is 5.87. The zero-order valence-electron chi connectivity index (χ0n) is 19.6. The SMILES string of the molecule is C=CC(=C)N1CCCC(c2cc(-c3ccc(Oc4ccccc4)cc3)cc3cnc(C)nc23)C1. The summed E-state index contributed by atoms with van der Waals surface area (Å²) in [4.78, 5) is 11.7. The lowest BCUT2D eigenvalue weighted by molar-refractivity contribution is 0.267. The number of allylic oxidation sites excluding steroid dienone is 1. The average Bonchev–Trinajstić information content (AvgIpc) is 2.89. The van der Waals surface area contributed by atoms with E-state index < -0.39 is 0 Å². The smallest absolute Gasteiger partial charge is 0.127 e. The normalized spacial score (nSPS) is 15.8. The summed E-state index contributed by atoms with van der Waals surface area (Å²) in [5.41, 5.74) is 5.64. The highest BCUT2D eigenvalue weighted by atomic mass is 16.5. The molecule has 4 aromatic rings. The van der Waals surface area contributed by atoms with Crippen LogP contribution in [0.3, 0.4) is 0 Å². The van der Waals surface area contributed by atoms with Gasteiger partial charge in [-0.25, -0.2) is 9.97 Å². The Morgan fingerprint density at radius 3 is 2.56 bits per heavy atom. The summed E-state index contributed by atoms with van der Waals surface area (Å²) in [6.45, 7) is 12.0. The summed E-state index contributed by atoms with van der Waals surface area (Å²) in [5, 5.41) is 1.07. The number of para-hydroxylation sites is 1. The first kappa shape index (κ1) is 21.9. The molecule has 3 aromatic carbocycles. The first-order chi connectivity index (χ1) is 16.6. The lowest BCUT2D eigenvalue weighted by atomic mass is 9.87. The van der Waals surface area contributed by atoms with Gasteiger partial charge in [0.05, 0.1) is 5.52 Å². The zero-order chi connectivity index (χ0) is 23.5. The Hall–Kier alpha value is -3.92. The van der Waals surface area contributed by atoms with E-state index in [0.717, 1.165) is 65.4 Å². The second-order valence-corrected chi connectivity index (χ2v) is 8.84. The number of ether oxygens (including phenoxy) is 1. The van der Waals surface area contributed by atoms with Crippen LogP contribution < -0.4 is 4.74 Å². The second-order valence-electron chi connectivity index (χ2n) is 8.84. The number of likely N-dealkylation sites (tertiary alicyclic amines) is 1. The maximum absolute atomic E-state index is 5.97. The number of fused-ring (bicyclic) bond motifs is 1. The van der Waals surface area contributed by atoms with Crippen LogP contribution in [-0.2, 0) is 0 Å². The van der Waals surface area contributed by atoms with Crippen molar-refractivity contribution in [1.29, 1.82) is 0 Å². The molecule has 4 heteroatoms. The third-order valence-corrected chi connectivity index (χ3v) is 6.50. The van der Waals surface area contributed by atoms with E-state index >= 15 is 0 Å². The molecule has 0 saturated carbocycles. The third-order valence-electron chi connectivity index (χ3n) is 6.50. The molecular formula is C30H29N3O. The number of aryl methyl sites for hydroxylation is 1. The van der Waals surface area contributed by atoms with Crippen molar-refractivity contribution < 1.29 is 4.74 Å². The van der Waals surface area contributed by atoms with E-state index in [1.165, 1.54) is 11.1 Å². The second kappa shape index (κ2) is 9.52. The van der Waals surface area contributed by atoms with Crippen LogP contribution in [0.4, 0.5) is 0 Å². The predicted molar refractivity (Wildman–Crippen MR) is 139 cm³/mol. The van der Waals surface area contributed by atoms with Crippen molar-refractivity contribution in [2.45, 2.75) is 25.7 Å². The number of aromatic nitrogens is 2. The van der Waals surface area contributed by atoms with Gasteiger partial charge in [-0.1, -0.05) is 43.5 Å². The summed E-state index contributed by atoms with van der Waals surface area (Å²) < 4.78 is 5.97. The molecule has 0 N–H and O–H groups in total. The van der Waals surface area contributed by atoms with Crippen LogP contribution in [0.2, 0.25) is 0 Å². The largest absolute Gasteiger partial charge is 0.457 e. The number of hydrogen-bond donors (Lipinski definition) is 0. The van der Waals surface area contributed by atoms with Crippen LogP contribution in [0.25, 0.3) is 22.0 Å². The van der Waals surface area contributed by atoms with Gasteiger partial charge in [0.1, 0.15) is 17.3 Å². The summed E-state index contributed by atoms with van der Waals surface area (Å²) in [6, 6.07) is 22.6. The highest BCUT2D eigenvalue weighted by Crippen LogP contribution is 2.36. The van der Waals surface area contributed by atoms with E-state index in [9.17, 15) is 0 Å². The lowest BCUT2D eigenvalue weighted by Crippen LogP contribution is -2.33. The standard InChI is InChI=1S/C30H29N3O/c1-4-21(2)33-16-8-9-24(20-33)29-18-25(17-26-19-31-22(3)32-30(26)29)23-12-14-28(15-13-23)34-27-10-6-5-7-11-27/h4-7,10-15,17-19,24H,1-2,8-9,16,20H2,3H3. The maximum atomic E-state index is 5.97. The van der Waals surface area contributed by atoms with Gasteiger partial charge in [-0.2, -0.15) is 0 Å². The molecule has 0 bridgehead atoms. The molecule has 0 radical (unpaired) electrons. The van der Waals surface area contributed by atoms with Crippen molar-refractivity contribution >= 4 is 10.9 Å². The fourth-order valence-corrected chi connectivity index (χ4v) is 4.70. The van der Waals surface area contributed by atoms with E-state index in [2.05, 4.69) is 47.3 Å². The number of rotatable bonds is 6. The van der Waals surface area contributed by atoms with Crippen LogP contribution in [0.15, 0.2) is 97.9 Å². The number of piperidine rings is 1. The van der Waals surface area contributed by atoms with E-state index in [-0.39, 0.29) is 0 Å². The van der Waals surface area contributed by atoms with Crippen molar-refractivity contribution in [2.75, 3.05) is 13.1 Å². The van der Waals surface area contributed by atoms with Crippen LogP contribution in [0.1, 0.15) is 30.1 Å². The molecule has 5 rings (SSSR count). The Balaban J connectivity index is 1.50. The molecule has 1 unspecified atom stereocenters. The van der Waals surface area contributed by atoms with Crippen molar-refractivity contribution in [1.82, 2.24) is 14.9 Å². The summed E-state index contributed by atoms with van der Waals surface area (Å²) in [5.74, 6) is 2.83. The predicted octanol–water partition coefficient (Wildman–Crippen LogP) is 7.28. The minimum atomic E-state index is 0.378. The molecule has 34 heavy (non-hydrogen) atoms. The molecule has 170 valence electrons. The van der Waals surface area contributed by atoms with Gasteiger partial charge >= 0.3 is 0 Å². The first-order valence-corrected chi connectivity index (χ1v) is 11.8. The van der Waals surface area contributed by atoms with Crippen molar-refractivity contribution in [2.24, 2.45) is 0 Å². The molecule has 1 fully saturated rings. The molecule has 4 nitrogen and oxygen atoms in total. The number of benzene rings is 3. The molecule has 1 saturated heterocycles. The van der Waals surface area contributed by atoms with Gasteiger partial charge in [0.15, 0.2) is 0 Å². The quantitative estimate of drug-likeness (QED) is 0.291. The Bertz CT molecular complexity index is 1330. The Morgan fingerprint density at radius 1 is 1.03 bits per heavy atom. The number of hydrogen-bond acceptors (Lipinski definition) is 4. The van der Waals surface area contributed by atoms with E-state index in [1.54, 1.807) is 0 Å². The zero-order valence-corrected chi connectivity index (χ0v) is 19.6. The van der Waals surface area contributed by atoms with E-state index in [1.807, 2.05) is 61.7 Å². The van der Waals surface area contributed by atoms with E-state index in [4.69, 9.17) is 9.72 Å². The Kier molecular flexibility index (Phi) is 6.13. The molecule has 0 spiro atoms. The first-order valence-electron chi connectivity index (χ1n) is 11.8. The minimum absolute atomic E-state index is 0.378. The van der Waals surface area contributed by atoms with Crippen LogP contribution in [0.5, 0.6) is 11.5 Å². The maximum Gasteiger partial charge on any atom is 0.127 e. The molecule has 2 heterocycles. The van der Waals surface area contributed by atoms with E-state index in [0.29, 0.717) is 5.92 Å². The lowest BCUT2D eigenvalue weighted by Gasteiger charge is -2.35. The number of nitrogens with zero attached hydrogens (tertiary/aromatic N) is 3. The fourth-order valence-electron chi connectivity index (χ4n) is 4.70. The topological polar surface area (TPSA) is 38.2 Å². The summed E-state index contributed by atoms with van der Waals surface area (Å²) in [7, 11) is 0. The van der Waals surface area contributed by atoms with Gasteiger partial charge in [0, 0.05) is 36.3 Å². The molecular weight excluding hydrogens is 418 g/mol. The highest BCUT2D eigenvalue weighted by Gasteiger charge is 2.24. The Labute approximate surface area is 201 Å². The summed E-state index contributed by atoms with van der Waals surface area (Å²) in [6.07, 6.45) is 6.05. The molecule has 1 aliphatic rings. The van der Waals surface area contributed by atoms with Gasteiger partial charge < -0.3 is 9.64 Å². The average molecular weight is 448 g/mol. The monoisotopic (exact) mass is 447 g/mol. The van der Waals surface area contributed by atoms with Crippen molar-refractivity contribution in [3.8, 4) is 22.6 Å². The van der Waals surface area contributed by atoms with Crippen LogP contribution in [0, 0.1) is 6.92 Å². The van der Waals surface area contributed by atoms with Crippen LogP contribution >= 0.6 is 0 Å². The van der Waals surface area contributed by atoms with Gasteiger partial charge in [-0.05, 0) is 78.9 Å². The van der Waals surface area contributed by atoms with Gasteiger partial charge in [0.25, 0.3) is 0 Å². The molecule has 0 aliphatic carbocycles. The molecule has 1 aromatic heterocycles. The molecule has 1 atom stereocenters. The van der Waals surface area contributed by atoms with Gasteiger partial charge in [-0.3, -0.25) is 0 Å². The van der Waals surface area contributed by atoms with Crippen LogP contribution in [-0.4, -0.2) is 28.0 Å². The van der Waals surface area contributed by atoms with Crippen molar-refractivity contribution in [3.05, 3.63) is 109 Å². The van der Waals surface area contributed by atoms with Crippen molar-refractivity contribution in [3.63, 3.8) is 0 Å². The molecule has 0 amide bonds. The van der Waals surface area contributed by atoms with Gasteiger partial charge in [0.2, 0.25) is 0 Å². The summed E-state index contributed by atoms with van der Waals surface area (Å²) >= 11 is 0. The fraction of sp³-hybridized carbons (Fsp3) is 0.200. The van der Waals surface area contributed by atoms with Gasteiger partial charge in [-0.15, -0.1) is 0 Å².